The highest BCUT2D eigenvalue weighted by molar-refractivity contribution is 7.86. The van der Waals surface area contributed by atoms with Crippen LogP contribution in [0.4, 0.5) is 3.89 Å². The first-order chi connectivity index (χ1) is 9.73. The van der Waals surface area contributed by atoms with Gasteiger partial charge in [0.05, 0.1) is 5.75 Å². The number of carbonyl (C=O) groups excluding carboxylic acids is 1. The van der Waals surface area contributed by atoms with Crippen molar-refractivity contribution in [2.24, 2.45) is 17.8 Å². The van der Waals surface area contributed by atoms with E-state index in [4.69, 9.17) is 0 Å². The predicted molar refractivity (Wildman–Crippen MR) is 79.0 cm³/mol. The largest absolute Gasteiger partial charge is 0.342 e. The first-order valence-corrected chi connectivity index (χ1v) is 9.20. The van der Waals surface area contributed by atoms with E-state index in [2.05, 4.69) is 18.7 Å². The van der Waals surface area contributed by atoms with Crippen molar-refractivity contribution < 1.29 is 17.1 Å². The third-order valence-corrected chi connectivity index (χ3v) is 5.07. The van der Waals surface area contributed by atoms with Gasteiger partial charge in [-0.2, -0.15) is 8.42 Å². The van der Waals surface area contributed by atoms with E-state index in [0.717, 1.165) is 26.1 Å². The zero-order valence-corrected chi connectivity index (χ0v) is 13.6. The van der Waals surface area contributed by atoms with Crippen molar-refractivity contribution in [3.05, 3.63) is 0 Å². The molecule has 0 aromatic rings. The molecule has 2 rings (SSSR count). The molecule has 2 heterocycles. The van der Waals surface area contributed by atoms with Crippen LogP contribution in [0.25, 0.3) is 0 Å². The van der Waals surface area contributed by atoms with Crippen LogP contribution in [0.15, 0.2) is 0 Å². The summed E-state index contributed by atoms with van der Waals surface area (Å²) in [5.74, 6) is 0.135. The monoisotopic (exact) mass is 320 g/mol. The van der Waals surface area contributed by atoms with Gasteiger partial charge in [-0.25, -0.2) is 0 Å². The van der Waals surface area contributed by atoms with E-state index in [0.29, 0.717) is 24.9 Å². The van der Waals surface area contributed by atoms with E-state index in [1.807, 2.05) is 0 Å². The second-order valence-corrected chi connectivity index (χ2v) is 8.29. The van der Waals surface area contributed by atoms with Crippen LogP contribution in [0.3, 0.4) is 0 Å². The maximum absolute atomic E-state index is 12.7. The third kappa shape index (κ3) is 5.21. The molecule has 1 amide bonds. The number of nitrogens with zero attached hydrogens (tertiary/aromatic N) is 2. The van der Waals surface area contributed by atoms with E-state index in [1.165, 1.54) is 0 Å². The van der Waals surface area contributed by atoms with Gasteiger partial charge in [0.2, 0.25) is 5.91 Å². The Morgan fingerprint density at radius 2 is 2.00 bits per heavy atom. The molecule has 2 atom stereocenters. The lowest BCUT2D eigenvalue weighted by Crippen LogP contribution is -2.33. The summed E-state index contributed by atoms with van der Waals surface area (Å²) in [6, 6.07) is 0. The van der Waals surface area contributed by atoms with Gasteiger partial charge in [-0.1, -0.05) is 13.8 Å². The molecule has 0 spiro atoms. The number of halogens is 1. The van der Waals surface area contributed by atoms with Crippen LogP contribution in [0, 0.1) is 17.8 Å². The third-order valence-electron chi connectivity index (χ3n) is 4.20. The molecular formula is C14H25FN2O3S. The Hall–Kier alpha value is -0.690. The normalized spacial score (nSPS) is 28.0. The number of amides is 1. The average molecular weight is 320 g/mol. The molecule has 2 fully saturated rings. The standard InChI is InChI=1S/C14H25FN2O3S/c1-11(2)6-16-4-3-12(7-16)8-17-9-13(5-14(17)18)10-21(15,19)20/h11-13H,3-10H2,1-2H3. The van der Waals surface area contributed by atoms with E-state index < -0.39 is 16.0 Å². The summed E-state index contributed by atoms with van der Waals surface area (Å²) >= 11 is 0. The van der Waals surface area contributed by atoms with E-state index in [1.54, 1.807) is 4.90 Å². The zero-order chi connectivity index (χ0) is 15.6. The van der Waals surface area contributed by atoms with Gasteiger partial charge >= 0.3 is 10.2 Å². The molecule has 7 heteroatoms. The van der Waals surface area contributed by atoms with Gasteiger partial charge in [-0.15, -0.1) is 3.89 Å². The Morgan fingerprint density at radius 3 is 2.62 bits per heavy atom. The number of carbonyl (C=O) groups is 1. The van der Waals surface area contributed by atoms with Crippen LogP contribution >= 0.6 is 0 Å². The number of hydrogen-bond donors (Lipinski definition) is 0. The van der Waals surface area contributed by atoms with Crippen molar-refractivity contribution in [3.63, 3.8) is 0 Å². The summed E-state index contributed by atoms with van der Waals surface area (Å²) in [6.45, 7) is 8.58. The quantitative estimate of drug-likeness (QED) is 0.688. The zero-order valence-electron chi connectivity index (χ0n) is 12.8. The molecule has 2 unspecified atom stereocenters. The van der Waals surface area contributed by atoms with Crippen LogP contribution in [0.5, 0.6) is 0 Å². The summed E-state index contributed by atoms with van der Waals surface area (Å²) in [5.41, 5.74) is 0. The van der Waals surface area contributed by atoms with Crippen molar-refractivity contribution in [2.75, 3.05) is 38.5 Å². The topological polar surface area (TPSA) is 57.7 Å². The molecule has 0 aliphatic carbocycles. The maximum Gasteiger partial charge on any atom is 0.302 e. The molecule has 21 heavy (non-hydrogen) atoms. The summed E-state index contributed by atoms with van der Waals surface area (Å²) in [7, 11) is -4.49. The lowest BCUT2D eigenvalue weighted by atomic mass is 10.1. The second kappa shape index (κ2) is 6.60. The van der Waals surface area contributed by atoms with Crippen LogP contribution in [0.2, 0.25) is 0 Å². The highest BCUT2D eigenvalue weighted by atomic mass is 32.3. The molecule has 0 N–H and O–H groups in total. The Labute approximate surface area is 126 Å². The molecular weight excluding hydrogens is 295 g/mol. The smallest absolute Gasteiger partial charge is 0.302 e. The summed E-state index contributed by atoms with van der Waals surface area (Å²) in [6.07, 6.45) is 1.23. The molecule has 0 saturated carbocycles. The lowest BCUT2D eigenvalue weighted by molar-refractivity contribution is -0.128. The van der Waals surface area contributed by atoms with Gasteiger partial charge in [-0.05, 0) is 24.8 Å². The summed E-state index contributed by atoms with van der Waals surface area (Å²) in [4.78, 5) is 16.1. The fourth-order valence-corrected chi connectivity index (χ4v) is 4.27. The number of rotatable bonds is 6. The number of hydrogen-bond acceptors (Lipinski definition) is 4. The van der Waals surface area contributed by atoms with Crippen LogP contribution in [-0.2, 0) is 15.0 Å². The van der Waals surface area contributed by atoms with Crippen LogP contribution in [0.1, 0.15) is 26.7 Å². The minimum atomic E-state index is -4.49. The van der Waals surface area contributed by atoms with E-state index >= 15 is 0 Å². The van der Waals surface area contributed by atoms with Gasteiger partial charge in [0.1, 0.15) is 0 Å². The fourth-order valence-electron chi connectivity index (χ4n) is 3.48. The van der Waals surface area contributed by atoms with Gasteiger partial charge in [-0.3, -0.25) is 4.79 Å². The Bertz CT molecular complexity index is 481. The van der Waals surface area contributed by atoms with Gasteiger partial charge in [0, 0.05) is 38.5 Å². The van der Waals surface area contributed by atoms with E-state index in [9.17, 15) is 17.1 Å². The lowest BCUT2D eigenvalue weighted by Gasteiger charge is -2.22. The average Bonchev–Trinajstić information content (AvgIpc) is 2.84. The predicted octanol–water partition coefficient (Wildman–Crippen LogP) is 1.11. The molecule has 0 aromatic heterocycles. The first kappa shape index (κ1) is 16.7. The minimum absolute atomic E-state index is 0.0361. The van der Waals surface area contributed by atoms with Crippen LogP contribution < -0.4 is 0 Å². The highest BCUT2D eigenvalue weighted by Crippen LogP contribution is 2.24. The minimum Gasteiger partial charge on any atom is -0.342 e. The SMILES string of the molecule is CC(C)CN1CCC(CN2CC(CS(=O)(=O)F)CC2=O)C1. The fraction of sp³-hybridized carbons (Fsp3) is 0.929. The second-order valence-electron chi connectivity index (χ2n) is 6.88. The van der Waals surface area contributed by atoms with Crippen molar-refractivity contribution in [1.82, 2.24) is 9.80 Å². The molecule has 2 aliphatic rings. The highest BCUT2D eigenvalue weighted by Gasteiger charge is 2.35. The molecule has 2 saturated heterocycles. The van der Waals surface area contributed by atoms with Crippen molar-refractivity contribution >= 4 is 16.1 Å². The van der Waals surface area contributed by atoms with Gasteiger partial charge < -0.3 is 9.80 Å². The molecule has 2 aliphatic heterocycles. The van der Waals surface area contributed by atoms with Gasteiger partial charge in [0.25, 0.3) is 0 Å². The Morgan fingerprint density at radius 1 is 1.29 bits per heavy atom. The molecule has 5 nitrogen and oxygen atoms in total. The molecule has 0 bridgehead atoms. The maximum atomic E-state index is 12.7. The Balaban J connectivity index is 1.80. The first-order valence-electron chi connectivity index (χ1n) is 7.65. The van der Waals surface area contributed by atoms with Crippen molar-refractivity contribution in [2.45, 2.75) is 26.7 Å². The molecule has 0 radical (unpaired) electrons. The molecule has 122 valence electrons. The number of likely N-dealkylation sites (tertiary alicyclic amines) is 2. The van der Waals surface area contributed by atoms with Crippen molar-refractivity contribution in [1.29, 1.82) is 0 Å². The molecule has 0 aromatic carbocycles. The van der Waals surface area contributed by atoms with Crippen molar-refractivity contribution in [3.8, 4) is 0 Å². The summed E-state index contributed by atoms with van der Waals surface area (Å²) < 4.78 is 34.1. The summed E-state index contributed by atoms with van der Waals surface area (Å²) in [5, 5.41) is 0. The van der Waals surface area contributed by atoms with Gasteiger partial charge in [0.15, 0.2) is 0 Å². The van der Waals surface area contributed by atoms with E-state index in [-0.39, 0.29) is 18.2 Å². The Kier molecular flexibility index (Phi) is 5.24. The van der Waals surface area contributed by atoms with Crippen LogP contribution in [-0.4, -0.2) is 62.6 Å².